The second-order valence-electron chi connectivity index (χ2n) is 4.22. The van der Waals surface area contributed by atoms with Crippen LogP contribution >= 0.6 is 15.9 Å². The van der Waals surface area contributed by atoms with E-state index in [2.05, 4.69) is 21.2 Å². The Kier molecular flexibility index (Phi) is 4.36. The number of rotatable bonds is 6. The zero-order valence-corrected chi connectivity index (χ0v) is 10.9. The number of aliphatic hydroxyl groups is 1. The lowest BCUT2D eigenvalue weighted by atomic mass is 10.3. The quantitative estimate of drug-likeness (QED) is 0.845. The van der Waals surface area contributed by atoms with E-state index >= 15 is 0 Å². The summed E-state index contributed by atoms with van der Waals surface area (Å²) >= 11 is 3.26. The zero-order valence-electron chi connectivity index (χ0n) is 9.33. The predicted octanol–water partition coefficient (Wildman–Crippen LogP) is 2.08. The van der Waals surface area contributed by atoms with Crippen molar-refractivity contribution in [2.24, 2.45) is 0 Å². The molecule has 94 valence electrons. The van der Waals surface area contributed by atoms with Crippen LogP contribution in [0.25, 0.3) is 0 Å². The summed E-state index contributed by atoms with van der Waals surface area (Å²) in [4.78, 5) is 0. The highest BCUT2D eigenvalue weighted by Crippen LogP contribution is 2.25. The van der Waals surface area contributed by atoms with E-state index < -0.39 is 6.10 Å². The summed E-state index contributed by atoms with van der Waals surface area (Å²) in [5, 5.41) is 12.9. The van der Waals surface area contributed by atoms with Gasteiger partial charge in [0.2, 0.25) is 0 Å². The molecule has 2 rings (SSSR count). The van der Waals surface area contributed by atoms with Crippen LogP contribution in [-0.4, -0.2) is 30.4 Å². The van der Waals surface area contributed by atoms with Gasteiger partial charge in [0, 0.05) is 18.7 Å². The van der Waals surface area contributed by atoms with Gasteiger partial charge in [-0.3, -0.25) is 0 Å². The highest BCUT2D eigenvalue weighted by molar-refractivity contribution is 9.10. The standard InChI is InChI=1S/C12H15BrFNO2/c13-11-4-1-8(14)5-12(11)17-7-10(16)6-15-9-2-3-9/h1,4-5,9-10,15-16H,2-3,6-7H2. The molecule has 0 saturated heterocycles. The molecule has 1 fully saturated rings. The summed E-state index contributed by atoms with van der Waals surface area (Å²) in [6.45, 7) is 0.666. The Bertz CT molecular complexity index is 385. The van der Waals surface area contributed by atoms with Crippen LogP contribution in [0.4, 0.5) is 4.39 Å². The van der Waals surface area contributed by atoms with Crippen molar-refractivity contribution < 1.29 is 14.2 Å². The lowest BCUT2D eigenvalue weighted by Crippen LogP contribution is -2.32. The lowest BCUT2D eigenvalue weighted by Gasteiger charge is -2.13. The number of hydrogen-bond acceptors (Lipinski definition) is 3. The van der Waals surface area contributed by atoms with E-state index in [1.165, 1.54) is 25.0 Å². The van der Waals surface area contributed by atoms with Gasteiger partial charge in [-0.2, -0.15) is 0 Å². The fourth-order valence-electron chi connectivity index (χ4n) is 1.42. The van der Waals surface area contributed by atoms with Gasteiger partial charge in [-0.05, 0) is 40.9 Å². The predicted molar refractivity (Wildman–Crippen MR) is 66.6 cm³/mol. The summed E-state index contributed by atoms with van der Waals surface area (Å²) < 4.78 is 19.0. The minimum atomic E-state index is -0.578. The van der Waals surface area contributed by atoms with Crippen LogP contribution in [0.1, 0.15) is 12.8 Å². The fourth-order valence-corrected chi connectivity index (χ4v) is 1.78. The van der Waals surface area contributed by atoms with Crippen molar-refractivity contribution in [1.29, 1.82) is 0 Å². The molecule has 0 bridgehead atoms. The molecule has 2 N–H and O–H groups in total. The zero-order chi connectivity index (χ0) is 12.3. The van der Waals surface area contributed by atoms with Gasteiger partial charge >= 0.3 is 0 Å². The number of halogens is 2. The van der Waals surface area contributed by atoms with Crippen molar-refractivity contribution in [3.8, 4) is 5.75 Å². The SMILES string of the molecule is OC(CNC1CC1)COc1cc(F)ccc1Br. The Morgan fingerprint density at radius 3 is 3.00 bits per heavy atom. The third-order valence-electron chi connectivity index (χ3n) is 2.54. The van der Waals surface area contributed by atoms with Crippen LogP contribution in [0, 0.1) is 5.82 Å². The van der Waals surface area contributed by atoms with Crippen LogP contribution in [-0.2, 0) is 0 Å². The molecule has 0 heterocycles. The largest absolute Gasteiger partial charge is 0.490 e. The number of hydrogen-bond donors (Lipinski definition) is 2. The molecule has 1 aromatic carbocycles. The minimum absolute atomic E-state index is 0.155. The third-order valence-corrected chi connectivity index (χ3v) is 3.20. The second kappa shape index (κ2) is 5.80. The van der Waals surface area contributed by atoms with Crippen molar-refractivity contribution in [3.05, 3.63) is 28.5 Å². The highest BCUT2D eigenvalue weighted by Gasteiger charge is 2.21. The molecule has 1 aliphatic carbocycles. The Labute approximate surface area is 108 Å². The number of ether oxygens (including phenoxy) is 1. The molecule has 0 spiro atoms. The lowest BCUT2D eigenvalue weighted by molar-refractivity contribution is 0.105. The Morgan fingerprint density at radius 2 is 2.29 bits per heavy atom. The van der Waals surface area contributed by atoms with Crippen LogP contribution in [0.2, 0.25) is 0 Å². The van der Waals surface area contributed by atoms with Gasteiger partial charge in [-0.15, -0.1) is 0 Å². The van der Waals surface area contributed by atoms with Crippen LogP contribution in [0.5, 0.6) is 5.75 Å². The molecule has 0 aromatic heterocycles. The first-order valence-electron chi connectivity index (χ1n) is 5.64. The molecule has 1 aromatic rings. The Balaban J connectivity index is 1.77. The van der Waals surface area contributed by atoms with E-state index in [4.69, 9.17) is 4.74 Å². The second-order valence-corrected chi connectivity index (χ2v) is 5.08. The van der Waals surface area contributed by atoms with Crippen LogP contribution in [0.3, 0.4) is 0 Å². The molecule has 0 amide bonds. The topological polar surface area (TPSA) is 41.5 Å². The Hall–Kier alpha value is -0.650. The van der Waals surface area contributed by atoms with Crippen LogP contribution in [0.15, 0.2) is 22.7 Å². The number of benzene rings is 1. The first kappa shape index (κ1) is 12.8. The smallest absolute Gasteiger partial charge is 0.136 e. The van der Waals surface area contributed by atoms with Crippen LogP contribution < -0.4 is 10.1 Å². The summed E-state index contributed by atoms with van der Waals surface area (Å²) in [7, 11) is 0. The molecule has 5 heteroatoms. The molecular formula is C12H15BrFNO2. The minimum Gasteiger partial charge on any atom is -0.490 e. The molecule has 3 nitrogen and oxygen atoms in total. The van der Waals surface area contributed by atoms with Gasteiger partial charge in [0.15, 0.2) is 0 Å². The first-order chi connectivity index (χ1) is 8.15. The number of aliphatic hydroxyl groups excluding tert-OH is 1. The van der Waals surface area contributed by atoms with Gasteiger partial charge in [0.1, 0.15) is 24.3 Å². The summed E-state index contributed by atoms with van der Waals surface area (Å²) in [5.74, 6) is 0.0595. The third kappa shape index (κ3) is 4.26. The Morgan fingerprint density at radius 1 is 1.53 bits per heavy atom. The van der Waals surface area contributed by atoms with Gasteiger partial charge in [0.05, 0.1) is 4.47 Å². The van der Waals surface area contributed by atoms with E-state index in [9.17, 15) is 9.50 Å². The average molecular weight is 304 g/mol. The van der Waals surface area contributed by atoms with Gasteiger partial charge in [-0.25, -0.2) is 4.39 Å². The normalized spacial score (nSPS) is 16.9. The van der Waals surface area contributed by atoms with E-state index in [1.807, 2.05) is 0 Å². The van der Waals surface area contributed by atoms with E-state index in [1.54, 1.807) is 6.07 Å². The molecule has 1 aliphatic rings. The average Bonchev–Trinajstić information content (AvgIpc) is 3.11. The summed E-state index contributed by atoms with van der Waals surface area (Å²) in [6.07, 6.45) is 1.79. The maximum atomic E-state index is 13.0. The molecule has 1 saturated carbocycles. The highest BCUT2D eigenvalue weighted by atomic mass is 79.9. The maximum Gasteiger partial charge on any atom is 0.136 e. The van der Waals surface area contributed by atoms with Crippen molar-refractivity contribution in [2.45, 2.75) is 25.0 Å². The maximum absolute atomic E-state index is 13.0. The van der Waals surface area contributed by atoms with E-state index in [-0.39, 0.29) is 12.4 Å². The fraction of sp³-hybridized carbons (Fsp3) is 0.500. The van der Waals surface area contributed by atoms with E-state index in [0.29, 0.717) is 22.8 Å². The van der Waals surface area contributed by atoms with Gasteiger partial charge < -0.3 is 15.2 Å². The number of nitrogens with one attached hydrogen (secondary N) is 1. The van der Waals surface area contributed by atoms with Crippen molar-refractivity contribution in [2.75, 3.05) is 13.2 Å². The van der Waals surface area contributed by atoms with Gasteiger partial charge in [0.25, 0.3) is 0 Å². The molecule has 17 heavy (non-hydrogen) atoms. The van der Waals surface area contributed by atoms with Crippen molar-refractivity contribution in [1.82, 2.24) is 5.32 Å². The van der Waals surface area contributed by atoms with Crippen molar-refractivity contribution >= 4 is 15.9 Å². The summed E-state index contributed by atoms with van der Waals surface area (Å²) in [5.41, 5.74) is 0. The molecule has 1 atom stereocenters. The molecular weight excluding hydrogens is 289 g/mol. The van der Waals surface area contributed by atoms with Crippen molar-refractivity contribution in [3.63, 3.8) is 0 Å². The molecule has 0 radical (unpaired) electrons. The van der Waals surface area contributed by atoms with E-state index in [0.717, 1.165) is 0 Å². The first-order valence-corrected chi connectivity index (χ1v) is 6.44. The molecule has 1 unspecified atom stereocenters. The monoisotopic (exact) mass is 303 g/mol. The van der Waals surface area contributed by atoms with Gasteiger partial charge in [-0.1, -0.05) is 0 Å². The molecule has 0 aliphatic heterocycles. The summed E-state index contributed by atoms with van der Waals surface area (Å²) in [6, 6.07) is 4.79.